The monoisotopic (exact) mass is 197 g/mol. The van der Waals surface area contributed by atoms with E-state index in [-0.39, 0.29) is 17.6 Å². The van der Waals surface area contributed by atoms with E-state index in [0.29, 0.717) is 5.82 Å². The van der Waals surface area contributed by atoms with E-state index in [2.05, 4.69) is 20.6 Å². The van der Waals surface area contributed by atoms with Crippen molar-refractivity contribution < 1.29 is 4.79 Å². The summed E-state index contributed by atoms with van der Waals surface area (Å²) in [6, 6.07) is 0. The molecule has 1 rings (SSSR count). The van der Waals surface area contributed by atoms with Crippen LogP contribution in [-0.4, -0.2) is 40.2 Å². The smallest absolute Gasteiger partial charge is 0.282 e. The van der Waals surface area contributed by atoms with Crippen molar-refractivity contribution in [3.05, 3.63) is 11.6 Å². The van der Waals surface area contributed by atoms with E-state index in [9.17, 15) is 4.79 Å². The summed E-state index contributed by atoms with van der Waals surface area (Å²) in [6.45, 7) is 3.96. The Balaban J connectivity index is 2.71. The molecule has 2 N–H and O–H groups in total. The Morgan fingerprint density at radius 3 is 2.57 bits per heavy atom. The number of amides is 1. The zero-order valence-electron chi connectivity index (χ0n) is 8.83. The van der Waals surface area contributed by atoms with Crippen molar-refractivity contribution >= 4 is 5.91 Å². The summed E-state index contributed by atoms with van der Waals surface area (Å²) in [5.41, 5.74) is 2.56. The Morgan fingerprint density at radius 2 is 2.14 bits per heavy atom. The van der Waals surface area contributed by atoms with Gasteiger partial charge in [-0.1, -0.05) is 13.8 Å². The number of carbonyl (C=O) groups is 1. The number of carbonyl (C=O) groups excluding carboxylic acids is 1. The van der Waals surface area contributed by atoms with Gasteiger partial charge in [0.2, 0.25) is 5.82 Å². The van der Waals surface area contributed by atoms with Crippen molar-refractivity contribution in [3.8, 4) is 0 Å². The van der Waals surface area contributed by atoms with Crippen LogP contribution in [0.2, 0.25) is 0 Å². The number of hydrogen-bond donors (Lipinski definition) is 2. The highest BCUT2D eigenvalue weighted by Gasteiger charge is 2.13. The van der Waals surface area contributed by atoms with Crippen LogP contribution in [0.4, 0.5) is 0 Å². The molecule has 0 spiro atoms. The zero-order valence-corrected chi connectivity index (χ0v) is 8.83. The molecule has 0 saturated heterocycles. The second-order valence-electron chi connectivity index (χ2n) is 3.53. The summed E-state index contributed by atoms with van der Waals surface area (Å²) in [4.78, 5) is 15.5. The lowest BCUT2D eigenvalue weighted by Gasteiger charge is -2.08. The summed E-state index contributed by atoms with van der Waals surface area (Å²) in [5, 5.41) is 8.08. The molecule has 0 aliphatic carbocycles. The van der Waals surface area contributed by atoms with Gasteiger partial charge in [-0.2, -0.15) is 0 Å². The molecule has 0 bridgehead atoms. The highest BCUT2D eigenvalue weighted by Crippen LogP contribution is 2.07. The molecule has 78 valence electrons. The Kier molecular flexibility index (Phi) is 3.19. The molecule has 0 radical (unpaired) electrons. The molecule has 1 heterocycles. The molecule has 6 heteroatoms. The summed E-state index contributed by atoms with van der Waals surface area (Å²) >= 11 is 0. The molecule has 6 nitrogen and oxygen atoms in total. The fourth-order valence-corrected chi connectivity index (χ4v) is 0.887. The van der Waals surface area contributed by atoms with Gasteiger partial charge in [0.15, 0.2) is 0 Å². The minimum absolute atomic E-state index is 0.169. The highest BCUT2D eigenvalue weighted by atomic mass is 16.2. The van der Waals surface area contributed by atoms with Crippen LogP contribution in [-0.2, 0) is 0 Å². The average molecular weight is 197 g/mol. The van der Waals surface area contributed by atoms with Crippen LogP contribution < -0.4 is 5.43 Å². The van der Waals surface area contributed by atoms with Crippen LogP contribution in [0.1, 0.15) is 36.2 Å². The Hall–Kier alpha value is -1.43. The summed E-state index contributed by atoms with van der Waals surface area (Å²) in [5.74, 6) is 0.817. The molecular weight excluding hydrogens is 182 g/mol. The molecule has 0 aromatic carbocycles. The summed E-state index contributed by atoms with van der Waals surface area (Å²) in [7, 11) is 3.46. The highest BCUT2D eigenvalue weighted by molar-refractivity contribution is 5.89. The predicted octanol–water partition coefficient (Wildman–Crippen LogP) is 0.134. The van der Waals surface area contributed by atoms with Gasteiger partial charge in [0, 0.05) is 20.0 Å². The minimum atomic E-state index is -0.307. The summed E-state index contributed by atoms with van der Waals surface area (Å²) < 4.78 is 0. The maximum Gasteiger partial charge on any atom is 0.305 e. The van der Waals surface area contributed by atoms with Crippen LogP contribution >= 0.6 is 0 Å². The van der Waals surface area contributed by atoms with Gasteiger partial charge in [-0.15, -0.1) is 5.10 Å². The first kappa shape index (κ1) is 10.6. The molecule has 0 atom stereocenters. The third-order valence-electron chi connectivity index (χ3n) is 1.58. The van der Waals surface area contributed by atoms with E-state index in [4.69, 9.17) is 0 Å². The number of hydrogen-bond acceptors (Lipinski definition) is 4. The van der Waals surface area contributed by atoms with E-state index < -0.39 is 0 Å². The lowest BCUT2D eigenvalue weighted by Crippen LogP contribution is -2.36. The third-order valence-corrected chi connectivity index (χ3v) is 1.58. The average Bonchev–Trinajstić information content (AvgIpc) is 2.50. The molecule has 1 amide bonds. The zero-order chi connectivity index (χ0) is 10.7. The molecule has 0 unspecified atom stereocenters. The second-order valence-corrected chi connectivity index (χ2v) is 3.53. The summed E-state index contributed by atoms with van der Waals surface area (Å²) in [6.07, 6.45) is 0. The van der Waals surface area contributed by atoms with Gasteiger partial charge < -0.3 is 0 Å². The van der Waals surface area contributed by atoms with Crippen LogP contribution in [0.25, 0.3) is 0 Å². The third kappa shape index (κ3) is 2.53. The van der Waals surface area contributed by atoms with Crippen LogP contribution in [0, 0.1) is 0 Å². The fourth-order valence-electron chi connectivity index (χ4n) is 0.887. The van der Waals surface area contributed by atoms with E-state index in [1.807, 2.05) is 13.8 Å². The lowest BCUT2D eigenvalue weighted by atomic mass is 10.2. The number of nitrogens with one attached hydrogen (secondary N) is 2. The lowest BCUT2D eigenvalue weighted by molar-refractivity contribution is 0.0846. The molecule has 0 aliphatic heterocycles. The Labute approximate surface area is 82.7 Å². The maximum atomic E-state index is 11.4. The molecule has 1 aromatic heterocycles. The van der Waals surface area contributed by atoms with Crippen LogP contribution in [0.5, 0.6) is 0 Å². The predicted molar refractivity (Wildman–Crippen MR) is 51.6 cm³/mol. The van der Waals surface area contributed by atoms with E-state index >= 15 is 0 Å². The van der Waals surface area contributed by atoms with E-state index in [0.717, 1.165) is 0 Å². The molecule has 1 aromatic rings. The number of rotatable bonds is 3. The maximum absolute atomic E-state index is 11.4. The van der Waals surface area contributed by atoms with Crippen LogP contribution in [0.15, 0.2) is 0 Å². The topological polar surface area (TPSA) is 73.9 Å². The van der Waals surface area contributed by atoms with E-state index in [1.54, 1.807) is 19.1 Å². The van der Waals surface area contributed by atoms with Crippen molar-refractivity contribution in [2.24, 2.45) is 0 Å². The van der Waals surface area contributed by atoms with Crippen molar-refractivity contribution in [3.63, 3.8) is 0 Å². The van der Waals surface area contributed by atoms with E-state index in [1.165, 1.54) is 0 Å². The first-order chi connectivity index (χ1) is 6.50. The van der Waals surface area contributed by atoms with Crippen molar-refractivity contribution in [1.29, 1.82) is 0 Å². The molecule has 0 fully saturated rings. The van der Waals surface area contributed by atoms with Gasteiger partial charge in [0.1, 0.15) is 5.82 Å². The standard InChI is InChI=1S/C8H15N5O/c1-5(2)6-9-7(11-10-6)8(14)12-13(3)4/h5H,1-4H3,(H,12,14)(H,9,10,11). The van der Waals surface area contributed by atoms with Gasteiger partial charge in [-0.05, 0) is 0 Å². The number of hydrazine groups is 1. The number of H-pyrrole nitrogens is 1. The molecule has 0 aliphatic rings. The minimum Gasteiger partial charge on any atom is -0.282 e. The molecule has 0 saturated carbocycles. The van der Waals surface area contributed by atoms with Crippen molar-refractivity contribution in [2.75, 3.05) is 14.1 Å². The normalized spacial score (nSPS) is 11.0. The van der Waals surface area contributed by atoms with Gasteiger partial charge >= 0.3 is 5.91 Å². The van der Waals surface area contributed by atoms with Gasteiger partial charge in [0.25, 0.3) is 0 Å². The number of nitrogens with zero attached hydrogens (tertiary/aromatic N) is 3. The number of aromatic amines is 1. The largest absolute Gasteiger partial charge is 0.305 e. The second kappa shape index (κ2) is 4.19. The van der Waals surface area contributed by atoms with Gasteiger partial charge in [0.05, 0.1) is 0 Å². The number of aromatic nitrogens is 3. The first-order valence-electron chi connectivity index (χ1n) is 4.41. The fraction of sp³-hybridized carbons (Fsp3) is 0.625. The SMILES string of the molecule is CC(C)c1nc(C(=O)NN(C)C)n[nH]1. The van der Waals surface area contributed by atoms with Crippen LogP contribution in [0.3, 0.4) is 0 Å². The van der Waals surface area contributed by atoms with Gasteiger partial charge in [-0.3, -0.25) is 15.3 Å². The van der Waals surface area contributed by atoms with Crippen molar-refractivity contribution in [1.82, 2.24) is 25.6 Å². The first-order valence-corrected chi connectivity index (χ1v) is 4.41. The molecule has 14 heavy (non-hydrogen) atoms. The van der Waals surface area contributed by atoms with Gasteiger partial charge in [-0.25, -0.2) is 9.99 Å². The Morgan fingerprint density at radius 1 is 1.50 bits per heavy atom. The molecular formula is C8H15N5O. The quantitative estimate of drug-likeness (QED) is 0.676. The van der Waals surface area contributed by atoms with Crippen molar-refractivity contribution in [2.45, 2.75) is 19.8 Å². The Bertz CT molecular complexity index is 317.